The molecule has 1 amide bonds. The summed E-state index contributed by atoms with van der Waals surface area (Å²) in [5, 5.41) is 12.0. The lowest BCUT2D eigenvalue weighted by Gasteiger charge is -2.34. The summed E-state index contributed by atoms with van der Waals surface area (Å²) in [4.78, 5) is 11.9. The molecule has 4 heteroatoms. The van der Waals surface area contributed by atoms with Crippen molar-refractivity contribution < 1.29 is 4.79 Å². The third-order valence-corrected chi connectivity index (χ3v) is 3.79. The van der Waals surface area contributed by atoms with Crippen LogP contribution < -0.4 is 5.32 Å². The first-order valence-corrected chi connectivity index (χ1v) is 6.79. The van der Waals surface area contributed by atoms with Crippen LogP contribution in [-0.2, 0) is 4.79 Å². The average molecular weight is 226 g/mol. The Balaban J connectivity index is 2.50. The predicted octanol–water partition coefficient (Wildman–Crippen LogP) is 1.94. The van der Waals surface area contributed by atoms with Crippen molar-refractivity contribution in [2.45, 2.75) is 38.6 Å². The molecule has 1 atom stereocenters. The molecule has 1 rings (SSSR count). The second-order valence-electron chi connectivity index (χ2n) is 4.08. The van der Waals surface area contributed by atoms with E-state index in [2.05, 4.69) is 18.3 Å². The molecule has 0 bridgehead atoms. The maximum Gasteiger partial charge on any atom is 0.240 e. The van der Waals surface area contributed by atoms with Crippen LogP contribution in [0.1, 0.15) is 32.6 Å². The number of carbonyl (C=O) groups excluding carboxylic acids is 1. The van der Waals surface area contributed by atoms with E-state index in [9.17, 15) is 4.79 Å². The van der Waals surface area contributed by atoms with Gasteiger partial charge in [0.2, 0.25) is 5.91 Å². The van der Waals surface area contributed by atoms with Gasteiger partial charge >= 0.3 is 0 Å². The van der Waals surface area contributed by atoms with Crippen molar-refractivity contribution in [1.29, 1.82) is 5.26 Å². The van der Waals surface area contributed by atoms with Gasteiger partial charge in [-0.25, -0.2) is 0 Å². The van der Waals surface area contributed by atoms with Gasteiger partial charge in [-0.15, -0.1) is 0 Å². The van der Waals surface area contributed by atoms with Gasteiger partial charge in [-0.3, -0.25) is 4.79 Å². The van der Waals surface area contributed by atoms with E-state index in [4.69, 9.17) is 5.26 Å². The molecule has 1 aliphatic carbocycles. The van der Waals surface area contributed by atoms with Crippen LogP contribution in [0.3, 0.4) is 0 Å². The molecule has 1 saturated carbocycles. The first-order valence-electron chi connectivity index (χ1n) is 5.39. The standard InChI is InChI=1S/C11H18N2OS/c1-3-9(7-15-2)13-10(14)11(8-12)5-4-6-11/h9H,3-7H2,1-2H3,(H,13,14). The molecule has 0 saturated heterocycles. The van der Waals surface area contributed by atoms with Gasteiger partial charge in [-0.05, 0) is 31.9 Å². The summed E-state index contributed by atoms with van der Waals surface area (Å²) in [6, 6.07) is 2.37. The molecule has 1 N–H and O–H groups in total. The van der Waals surface area contributed by atoms with E-state index in [0.29, 0.717) is 0 Å². The molecule has 1 unspecified atom stereocenters. The molecular formula is C11H18N2OS. The van der Waals surface area contributed by atoms with Gasteiger partial charge in [0.1, 0.15) is 5.41 Å². The number of thioether (sulfide) groups is 1. The van der Waals surface area contributed by atoms with Gasteiger partial charge in [0.25, 0.3) is 0 Å². The highest BCUT2D eigenvalue weighted by atomic mass is 32.2. The lowest BCUT2D eigenvalue weighted by molar-refractivity contribution is -0.132. The van der Waals surface area contributed by atoms with Crippen LogP contribution in [0.5, 0.6) is 0 Å². The molecule has 15 heavy (non-hydrogen) atoms. The summed E-state index contributed by atoms with van der Waals surface area (Å²) in [5.74, 6) is 0.862. The third-order valence-electron chi connectivity index (χ3n) is 3.05. The largest absolute Gasteiger partial charge is 0.351 e. The van der Waals surface area contributed by atoms with Crippen molar-refractivity contribution >= 4 is 17.7 Å². The van der Waals surface area contributed by atoms with Gasteiger partial charge < -0.3 is 5.32 Å². The number of nitrogens with one attached hydrogen (secondary N) is 1. The molecule has 0 heterocycles. The van der Waals surface area contributed by atoms with Crippen LogP contribution in [0.4, 0.5) is 0 Å². The molecule has 3 nitrogen and oxygen atoms in total. The van der Waals surface area contributed by atoms with Gasteiger partial charge in [0.05, 0.1) is 6.07 Å². The summed E-state index contributed by atoms with van der Waals surface area (Å²) >= 11 is 1.72. The lowest BCUT2D eigenvalue weighted by atomic mass is 9.69. The highest BCUT2D eigenvalue weighted by Gasteiger charge is 2.44. The fraction of sp³-hybridized carbons (Fsp3) is 0.818. The van der Waals surface area contributed by atoms with Gasteiger partial charge in [0, 0.05) is 11.8 Å². The monoisotopic (exact) mass is 226 g/mol. The van der Waals surface area contributed by atoms with Crippen LogP contribution in [0.25, 0.3) is 0 Å². The minimum absolute atomic E-state index is 0.0582. The summed E-state index contributed by atoms with van der Waals surface area (Å²) in [6.45, 7) is 2.06. The second kappa shape index (κ2) is 5.41. The number of nitrogens with zero attached hydrogens (tertiary/aromatic N) is 1. The van der Waals surface area contributed by atoms with Crippen molar-refractivity contribution in [3.05, 3.63) is 0 Å². The molecule has 0 aromatic heterocycles. The predicted molar refractivity (Wildman–Crippen MR) is 62.5 cm³/mol. The molecule has 0 aromatic rings. The Kier molecular flexibility index (Phi) is 4.46. The van der Waals surface area contributed by atoms with E-state index in [1.165, 1.54) is 0 Å². The van der Waals surface area contributed by atoms with Crippen LogP contribution >= 0.6 is 11.8 Å². The third kappa shape index (κ3) is 2.66. The van der Waals surface area contributed by atoms with Crippen molar-refractivity contribution in [2.24, 2.45) is 5.41 Å². The molecule has 1 aliphatic rings. The maximum absolute atomic E-state index is 11.9. The number of hydrogen-bond donors (Lipinski definition) is 1. The van der Waals surface area contributed by atoms with Crippen molar-refractivity contribution in [3.8, 4) is 6.07 Å². The van der Waals surface area contributed by atoms with Gasteiger partial charge in [0.15, 0.2) is 0 Å². The summed E-state index contributed by atoms with van der Waals surface area (Å²) < 4.78 is 0. The Morgan fingerprint density at radius 2 is 2.33 bits per heavy atom. The summed E-state index contributed by atoms with van der Waals surface area (Å²) in [7, 11) is 0. The smallest absolute Gasteiger partial charge is 0.240 e. The molecular weight excluding hydrogens is 208 g/mol. The van der Waals surface area contributed by atoms with E-state index in [0.717, 1.165) is 31.4 Å². The van der Waals surface area contributed by atoms with Crippen molar-refractivity contribution in [2.75, 3.05) is 12.0 Å². The topological polar surface area (TPSA) is 52.9 Å². The maximum atomic E-state index is 11.9. The molecule has 0 spiro atoms. The van der Waals surface area contributed by atoms with Crippen LogP contribution in [0.2, 0.25) is 0 Å². The highest BCUT2D eigenvalue weighted by Crippen LogP contribution is 2.40. The van der Waals surface area contributed by atoms with Crippen LogP contribution in [-0.4, -0.2) is 24.0 Å². The fourth-order valence-corrected chi connectivity index (χ4v) is 2.43. The van der Waals surface area contributed by atoms with Gasteiger partial charge in [-0.2, -0.15) is 17.0 Å². The number of nitriles is 1. The zero-order valence-electron chi connectivity index (χ0n) is 9.38. The van der Waals surface area contributed by atoms with Crippen LogP contribution in [0.15, 0.2) is 0 Å². The summed E-state index contributed by atoms with van der Waals surface area (Å²) in [5.41, 5.74) is -0.703. The van der Waals surface area contributed by atoms with E-state index in [-0.39, 0.29) is 11.9 Å². The first kappa shape index (κ1) is 12.4. The fourth-order valence-electron chi connectivity index (χ4n) is 1.71. The normalized spacial score (nSPS) is 19.8. The van der Waals surface area contributed by atoms with Gasteiger partial charge in [-0.1, -0.05) is 6.92 Å². The SMILES string of the molecule is CCC(CSC)NC(=O)C1(C#N)CCC1. The minimum atomic E-state index is -0.703. The lowest BCUT2D eigenvalue weighted by Crippen LogP contribution is -2.48. The quantitative estimate of drug-likeness (QED) is 0.779. The molecule has 0 radical (unpaired) electrons. The van der Waals surface area contributed by atoms with Crippen molar-refractivity contribution in [3.63, 3.8) is 0 Å². The van der Waals surface area contributed by atoms with Crippen molar-refractivity contribution in [1.82, 2.24) is 5.32 Å². The average Bonchev–Trinajstić information content (AvgIpc) is 2.16. The van der Waals surface area contributed by atoms with E-state index < -0.39 is 5.41 Å². The molecule has 84 valence electrons. The number of rotatable bonds is 5. The zero-order chi connectivity index (χ0) is 11.3. The van der Waals surface area contributed by atoms with E-state index in [1.54, 1.807) is 11.8 Å². The number of hydrogen-bond acceptors (Lipinski definition) is 3. The Bertz CT molecular complexity index is 268. The Labute approximate surface area is 95.6 Å². The molecule has 0 aromatic carbocycles. The molecule has 0 aliphatic heterocycles. The summed E-state index contributed by atoms with van der Waals surface area (Å²) in [6.07, 6.45) is 5.41. The number of amides is 1. The Morgan fingerprint density at radius 3 is 2.67 bits per heavy atom. The first-order chi connectivity index (χ1) is 7.18. The Morgan fingerprint density at radius 1 is 1.67 bits per heavy atom. The zero-order valence-corrected chi connectivity index (χ0v) is 10.2. The second-order valence-corrected chi connectivity index (χ2v) is 4.99. The van der Waals surface area contributed by atoms with E-state index in [1.807, 2.05) is 6.26 Å². The van der Waals surface area contributed by atoms with Crippen LogP contribution in [0, 0.1) is 16.7 Å². The molecule has 1 fully saturated rings. The van der Waals surface area contributed by atoms with E-state index >= 15 is 0 Å². The minimum Gasteiger partial charge on any atom is -0.351 e. The number of carbonyl (C=O) groups is 1. The highest BCUT2D eigenvalue weighted by molar-refractivity contribution is 7.98. The Hall–Kier alpha value is -0.690.